The Bertz CT molecular complexity index is 793. The summed E-state index contributed by atoms with van der Waals surface area (Å²) in [5, 5.41) is 4.12. The van der Waals surface area contributed by atoms with E-state index in [2.05, 4.69) is 5.32 Å². The van der Waals surface area contributed by atoms with Gasteiger partial charge in [0.1, 0.15) is 0 Å². The maximum atomic E-state index is 12.1. The smallest absolute Gasteiger partial charge is 0.223 e. The van der Waals surface area contributed by atoms with Crippen molar-refractivity contribution in [2.75, 3.05) is 18.0 Å². The van der Waals surface area contributed by atoms with Gasteiger partial charge < -0.3 is 10.2 Å². The average molecular weight is 393 g/mol. The number of carbonyl (C=O) groups excluding carboxylic acids is 2. The number of nitrogens with zero attached hydrogens (tertiary/aromatic N) is 1. The summed E-state index contributed by atoms with van der Waals surface area (Å²) in [5.74, 6) is -0.222. The van der Waals surface area contributed by atoms with Crippen LogP contribution in [0.5, 0.6) is 0 Å². The van der Waals surface area contributed by atoms with E-state index in [1.54, 1.807) is 17.0 Å². The molecule has 0 atom stereocenters. The van der Waals surface area contributed by atoms with Gasteiger partial charge in [-0.2, -0.15) is 0 Å². The minimum absolute atomic E-state index is 0.0991. The number of amides is 2. The minimum atomic E-state index is -0.123. The van der Waals surface area contributed by atoms with Gasteiger partial charge >= 0.3 is 0 Å². The maximum Gasteiger partial charge on any atom is 0.223 e. The first-order valence-electron chi connectivity index (χ1n) is 8.42. The maximum absolute atomic E-state index is 12.1. The van der Waals surface area contributed by atoms with Gasteiger partial charge in [-0.05, 0) is 48.7 Å². The zero-order valence-corrected chi connectivity index (χ0v) is 16.4. The lowest BCUT2D eigenvalue weighted by atomic mass is 10.1. The molecule has 1 N–H and O–H groups in total. The van der Waals surface area contributed by atoms with E-state index in [4.69, 9.17) is 23.2 Å². The Balaban J connectivity index is 1.87. The number of halogens is 2. The minimum Gasteiger partial charge on any atom is -0.356 e. The number of aryl methyl sites for hydroxylation is 1. The second-order valence-corrected chi connectivity index (χ2v) is 6.95. The summed E-state index contributed by atoms with van der Waals surface area (Å²) in [6.45, 7) is 4.22. The van der Waals surface area contributed by atoms with Crippen molar-refractivity contribution in [3.05, 3.63) is 63.6 Å². The van der Waals surface area contributed by atoms with E-state index in [-0.39, 0.29) is 18.2 Å². The molecule has 0 heterocycles. The monoisotopic (exact) mass is 392 g/mol. The van der Waals surface area contributed by atoms with Gasteiger partial charge in [0, 0.05) is 42.2 Å². The molecular weight excluding hydrogens is 371 g/mol. The van der Waals surface area contributed by atoms with E-state index >= 15 is 0 Å². The van der Waals surface area contributed by atoms with E-state index < -0.39 is 0 Å². The first kappa shape index (κ1) is 20.3. The number of nitrogens with one attached hydrogen (secondary N) is 1. The summed E-state index contributed by atoms with van der Waals surface area (Å²) >= 11 is 12.0. The van der Waals surface area contributed by atoms with Crippen LogP contribution in [0.4, 0.5) is 5.69 Å². The highest BCUT2D eigenvalue weighted by atomic mass is 35.5. The summed E-state index contributed by atoms with van der Waals surface area (Å²) in [4.78, 5) is 25.7. The van der Waals surface area contributed by atoms with Crippen LogP contribution >= 0.6 is 23.2 Å². The number of rotatable bonds is 7. The lowest BCUT2D eigenvalue weighted by Gasteiger charge is -2.23. The third-order valence-electron chi connectivity index (χ3n) is 4.03. The Kier molecular flexibility index (Phi) is 7.49. The fourth-order valence-corrected chi connectivity index (χ4v) is 3.04. The van der Waals surface area contributed by atoms with Crippen LogP contribution in [0.3, 0.4) is 0 Å². The predicted octanol–water partition coefficient (Wildman–Crippen LogP) is 4.40. The molecule has 6 heteroatoms. The molecule has 0 aliphatic rings. The van der Waals surface area contributed by atoms with Crippen molar-refractivity contribution in [2.45, 2.75) is 26.7 Å². The first-order chi connectivity index (χ1) is 12.4. The van der Waals surface area contributed by atoms with Crippen molar-refractivity contribution in [3.63, 3.8) is 0 Å². The Hall–Kier alpha value is -2.04. The van der Waals surface area contributed by atoms with Crippen molar-refractivity contribution >= 4 is 40.7 Å². The number of benzene rings is 2. The van der Waals surface area contributed by atoms with Crippen LogP contribution in [0.1, 0.15) is 24.5 Å². The fourth-order valence-electron chi connectivity index (χ4n) is 2.66. The molecule has 0 radical (unpaired) electrons. The average Bonchev–Trinajstić information content (AvgIpc) is 2.58. The highest BCUT2D eigenvalue weighted by molar-refractivity contribution is 6.31. The second kappa shape index (κ2) is 9.60. The SMILES string of the molecule is CC(=O)N(CCC(=O)NCCc1cccc(Cl)c1)c1cc(Cl)ccc1C. The van der Waals surface area contributed by atoms with Crippen LogP contribution in [-0.2, 0) is 16.0 Å². The third-order valence-corrected chi connectivity index (χ3v) is 4.50. The molecule has 138 valence electrons. The molecule has 2 aromatic carbocycles. The molecule has 0 aromatic heterocycles. The van der Waals surface area contributed by atoms with Gasteiger partial charge in [-0.3, -0.25) is 9.59 Å². The fraction of sp³-hybridized carbons (Fsp3) is 0.300. The van der Waals surface area contributed by atoms with E-state index in [9.17, 15) is 9.59 Å². The molecule has 0 unspecified atom stereocenters. The topological polar surface area (TPSA) is 49.4 Å². The number of hydrogen-bond acceptors (Lipinski definition) is 2. The Labute approximate surface area is 164 Å². The van der Waals surface area contributed by atoms with Crippen molar-refractivity contribution < 1.29 is 9.59 Å². The van der Waals surface area contributed by atoms with E-state index in [0.717, 1.165) is 16.8 Å². The lowest BCUT2D eigenvalue weighted by Crippen LogP contribution is -2.34. The van der Waals surface area contributed by atoms with E-state index in [1.807, 2.05) is 37.3 Å². The second-order valence-electron chi connectivity index (χ2n) is 6.08. The summed E-state index contributed by atoms with van der Waals surface area (Å²) < 4.78 is 0. The highest BCUT2D eigenvalue weighted by Gasteiger charge is 2.15. The molecule has 0 fully saturated rings. The molecule has 0 spiro atoms. The van der Waals surface area contributed by atoms with Crippen LogP contribution in [0.15, 0.2) is 42.5 Å². The summed E-state index contributed by atoms with van der Waals surface area (Å²) in [6.07, 6.45) is 0.928. The molecule has 0 saturated heterocycles. The van der Waals surface area contributed by atoms with Crippen molar-refractivity contribution in [1.82, 2.24) is 5.32 Å². The van der Waals surface area contributed by atoms with Gasteiger partial charge in [0.25, 0.3) is 0 Å². The Morgan fingerprint density at radius 2 is 1.81 bits per heavy atom. The zero-order chi connectivity index (χ0) is 19.1. The van der Waals surface area contributed by atoms with Crippen molar-refractivity contribution in [3.8, 4) is 0 Å². The Morgan fingerprint density at radius 1 is 1.08 bits per heavy atom. The van der Waals surface area contributed by atoms with E-state index in [0.29, 0.717) is 29.6 Å². The third kappa shape index (κ3) is 6.04. The predicted molar refractivity (Wildman–Crippen MR) is 107 cm³/mol. The molecule has 26 heavy (non-hydrogen) atoms. The summed E-state index contributed by atoms with van der Waals surface area (Å²) in [7, 11) is 0. The quantitative estimate of drug-likeness (QED) is 0.758. The number of hydrogen-bond donors (Lipinski definition) is 1. The van der Waals surface area contributed by atoms with Crippen molar-refractivity contribution in [1.29, 1.82) is 0 Å². The van der Waals surface area contributed by atoms with Gasteiger partial charge in [-0.1, -0.05) is 41.4 Å². The van der Waals surface area contributed by atoms with Crippen LogP contribution in [0, 0.1) is 6.92 Å². The van der Waals surface area contributed by atoms with Gasteiger partial charge in [-0.15, -0.1) is 0 Å². The molecule has 2 aromatic rings. The summed E-state index contributed by atoms with van der Waals surface area (Å²) in [6, 6.07) is 12.9. The van der Waals surface area contributed by atoms with Crippen LogP contribution < -0.4 is 10.2 Å². The van der Waals surface area contributed by atoms with Crippen LogP contribution in [0.25, 0.3) is 0 Å². The van der Waals surface area contributed by atoms with Crippen molar-refractivity contribution in [2.24, 2.45) is 0 Å². The molecule has 0 saturated carbocycles. The highest BCUT2D eigenvalue weighted by Crippen LogP contribution is 2.24. The molecule has 0 aliphatic carbocycles. The van der Waals surface area contributed by atoms with E-state index in [1.165, 1.54) is 6.92 Å². The van der Waals surface area contributed by atoms with Gasteiger partial charge in [-0.25, -0.2) is 0 Å². The van der Waals surface area contributed by atoms with Crippen LogP contribution in [0.2, 0.25) is 10.0 Å². The Morgan fingerprint density at radius 3 is 2.50 bits per heavy atom. The zero-order valence-electron chi connectivity index (χ0n) is 14.9. The molecule has 2 amide bonds. The summed E-state index contributed by atoms with van der Waals surface area (Å²) in [5.41, 5.74) is 2.74. The van der Waals surface area contributed by atoms with Gasteiger partial charge in [0.2, 0.25) is 11.8 Å². The standard InChI is InChI=1S/C20H22Cl2N2O2/c1-14-6-7-18(22)13-19(14)24(15(2)25)11-9-20(26)23-10-8-16-4-3-5-17(21)12-16/h3-7,12-13H,8-11H2,1-2H3,(H,23,26). The number of carbonyl (C=O) groups is 2. The molecule has 4 nitrogen and oxygen atoms in total. The lowest BCUT2D eigenvalue weighted by molar-refractivity contribution is -0.121. The van der Waals surface area contributed by atoms with Gasteiger partial charge in [0.15, 0.2) is 0 Å². The number of anilines is 1. The van der Waals surface area contributed by atoms with Gasteiger partial charge in [0.05, 0.1) is 0 Å². The normalized spacial score (nSPS) is 10.5. The largest absolute Gasteiger partial charge is 0.356 e. The first-order valence-corrected chi connectivity index (χ1v) is 9.18. The molecular formula is C20H22Cl2N2O2. The molecule has 0 aliphatic heterocycles. The molecule has 2 rings (SSSR count). The van der Waals surface area contributed by atoms with Crippen LogP contribution in [-0.4, -0.2) is 24.9 Å². The molecule has 0 bridgehead atoms.